The van der Waals surface area contributed by atoms with Gasteiger partial charge in [-0.25, -0.2) is 4.79 Å². The van der Waals surface area contributed by atoms with Crippen molar-refractivity contribution >= 4 is 39.4 Å². The van der Waals surface area contributed by atoms with E-state index in [1.807, 2.05) is 37.2 Å². The van der Waals surface area contributed by atoms with E-state index in [9.17, 15) is 4.79 Å². The summed E-state index contributed by atoms with van der Waals surface area (Å²) in [5, 5.41) is 3.64. The molecule has 0 saturated heterocycles. The topological polar surface area (TPSA) is 41.9 Å². The summed E-state index contributed by atoms with van der Waals surface area (Å²) in [5.41, 5.74) is 3.11. The van der Waals surface area contributed by atoms with Crippen molar-refractivity contribution in [1.29, 1.82) is 0 Å². The number of nitrogens with zero attached hydrogens (tertiary/aromatic N) is 2. The molecule has 0 unspecified atom stereocenters. The highest BCUT2D eigenvalue weighted by atomic mass is 79.9. The predicted octanol–water partition coefficient (Wildman–Crippen LogP) is 2.83. The summed E-state index contributed by atoms with van der Waals surface area (Å²) in [4.78, 5) is 18.0. The lowest BCUT2D eigenvalue weighted by Gasteiger charge is -2.14. The van der Waals surface area contributed by atoms with Gasteiger partial charge in [-0.1, -0.05) is 11.2 Å². The van der Waals surface area contributed by atoms with Crippen molar-refractivity contribution in [2.24, 2.45) is 5.16 Å². The van der Waals surface area contributed by atoms with Crippen LogP contribution < -0.4 is 4.90 Å². The molecule has 5 heteroatoms. The second kappa shape index (κ2) is 4.94. The van der Waals surface area contributed by atoms with Crippen molar-refractivity contribution in [3.8, 4) is 0 Å². The maximum Gasteiger partial charge on any atom is 0.367 e. The van der Waals surface area contributed by atoms with Crippen LogP contribution in [0.25, 0.3) is 6.08 Å². The van der Waals surface area contributed by atoms with Crippen LogP contribution in [0.15, 0.2) is 33.4 Å². The van der Waals surface area contributed by atoms with Gasteiger partial charge < -0.3 is 9.74 Å². The van der Waals surface area contributed by atoms with Gasteiger partial charge in [0.2, 0.25) is 0 Å². The van der Waals surface area contributed by atoms with Gasteiger partial charge in [-0.2, -0.15) is 0 Å². The monoisotopic (exact) mass is 308 g/mol. The largest absolute Gasteiger partial charge is 0.377 e. The average molecular weight is 309 g/mol. The fourth-order valence-electron chi connectivity index (χ4n) is 1.66. The molecule has 0 amide bonds. The summed E-state index contributed by atoms with van der Waals surface area (Å²) in [6, 6.07) is 5.90. The Hall–Kier alpha value is -1.62. The third-order valence-electron chi connectivity index (χ3n) is 2.64. The Balaban J connectivity index is 2.36. The minimum absolute atomic E-state index is 0.402. The minimum atomic E-state index is -0.402. The van der Waals surface area contributed by atoms with Crippen molar-refractivity contribution in [1.82, 2.24) is 0 Å². The molecule has 1 aromatic carbocycles. The summed E-state index contributed by atoms with van der Waals surface area (Å²) in [5.74, 6) is -0.402. The second-order valence-electron chi connectivity index (χ2n) is 4.22. The maximum atomic E-state index is 11.4. The first-order valence-corrected chi connectivity index (χ1v) is 6.23. The summed E-state index contributed by atoms with van der Waals surface area (Å²) in [6.07, 6.45) is 1.78. The quantitative estimate of drug-likeness (QED) is 0.623. The molecule has 0 aromatic heterocycles. The van der Waals surface area contributed by atoms with E-state index in [4.69, 9.17) is 0 Å². The Bertz CT molecular complexity index is 562. The predicted molar refractivity (Wildman–Crippen MR) is 75.6 cm³/mol. The van der Waals surface area contributed by atoms with Crippen LogP contribution in [0.3, 0.4) is 0 Å². The number of anilines is 1. The molecule has 4 nitrogen and oxygen atoms in total. The smallest absolute Gasteiger partial charge is 0.367 e. The van der Waals surface area contributed by atoms with Crippen molar-refractivity contribution in [3.63, 3.8) is 0 Å². The summed E-state index contributed by atoms with van der Waals surface area (Å²) < 4.78 is 0.975. The molecule has 0 fully saturated rings. The van der Waals surface area contributed by atoms with Gasteiger partial charge in [0.05, 0.1) is 17.0 Å². The van der Waals surface area contributed by atoms with Gasteiger partial charge in [0.1, 0.15) is 0 Å². The number of carbonyl (C=O) groups is 1. The average Bonchev–Trinajstić information content (AvgIpc) is 2.60. The van der Waals surface area contributed by atoms with Crippen LogP contribution in [-0.2, 0) is 9.63 Å². The Morgan fingerprint density at radius 1 is 1.39 bits per heavy atom. The maximum absolute atomic E-state index is 11.4. The molecule has 0 N–H and O–H groups in total. The van der Waals surface area contributed by atoms with Gasteiger partial charge in [0.15, 0.2) is 0 Å². The first-order chi connectivity index (χ1) is 8.49. The van der Waals surface area contributed by atoms with Crippen LogP contribution in [-0.4, -0.2) is 25.8 Å². The zero-order valence-corrected chi connectivity index (χ0v) is 12.0. The van der Waals surface area contributed by atoms with Crippen molar-refractivity contribution in [2.75, 3.05) is 19.0 Å². The van der Waals surface area contributed by atoms with Crippen LogP contribution in [0, 0.1) is 0 Å². The molecule has 0 saturated carbocycles. The fourth-order valence-corrected chi connectivity index (χ4v) is 2.41. The lowest BCUT2D eigenvalue weighted by atomic mass is 10.1. The van der Waals surface area contributed by atoms with E-state index in [0.29, 0.717) is 11.3 Å². The zero-order chi connectivity index (χ0) is 13.3. The first kappa shape index (κ1) is 12.8. The van der Waals surface area contributed by atoms with E-state index in [0.717, 1.165) is 15.7 Å². The number of hydrogen-bond donors (Lipinski definition) is 0. The third-order valence-corrected chi connectivity index (χ3v) is 3.27. The summed E-state index contributed by atoms with van der Waals surface area (Å²) in [6.45, 7) is 1.75. The molecule has 0 spiro atoms. The van der Waals surface area contributed by atoms with Gasteiger partial charge in [-0.15, -0.1) is 0 Å². The van der Waals surface area contributed by atoms with Crippen molar-refractivity contribution < 1.29 is 9.63 Å². The van der Waals surface area contributed by atoms with Gasteiger partial charge >= 0.3 is 5.97 Å². The van der Waals surface area contributed by atoms with Crippen LogP contribution >= 0.6 is 15.9 Å². The summed E-state index contributed by atoms with van der Waals surface area (Å²) in [7, 11) is 3.95. The van der Waals surface area contributed by atoms with Crippen molar-refractivity contribution in [3.05, 3.63) is 33.8 Å². The SMILES string of the molecule is CC1=NOC(=O)/C1=C\c1ccc(N(C)C)c(Br)c1. The minimum Gasteiger partial charge on any atom is -0.377 e. The lowest BCUT2D eigenvalue weighted by molar-refractivity contribution is -0.136. The van der Waals surface area contributed by atoms with Gasteiger partial charge in [-0.05, 0) is 46.6 Å². The van der Waals surface area contributed by atoms with Gasteiger partial charge in [0, 0.05) is 18.6 Å². The van der Waals surface area contributed by atoms with E-state index in [1.165, 1.54) is 0 Å². The van der Waals surface area contributed by atoms with Crippen LogP contribution in [0.2, 0.25) is 0 Å². The Morgan fingerprint density at radius 2 is 2.11 bits per heavy atom. The lowest BCUT2D eigenvalue weighted by Crippen LogP contribution is -2.09. The number of oxime groups is 1. The van der Waals surface area contributed by atoms with Gasteiger partial charge in [-0.3, -0.25) is 0 Å². The molecule has 1 aliphatic rings. The van der Waals surface area contributed by atoms with Crippen LogP contribution in [0.4, 0.5) is 5.69 Å². The van der Waals surface area contributed by atoms with Gasteiger partial charge in [0.25, 0.3) is 0 Å². The molecule has 0 atom stereocenters. The normalized spacial score (nSPS) is 16.8. The standard InChI is InChI=1S/C13H13BrN2O2/c1-8-10(13(17)18-15-8)6-9-4-5-12(16(2)3)11(14)7-9/h4-7H,1-3H3/b10-6-. The molecule has 2 rings (SSSR count). The van der Waals surface area contributed by atoms with E-state index in [1.54, 1.807) is 13.0 Å². The molecule has 0 radical (unpaired) electrons. The molecule has 94 valence electrons. The van der Waals surface area contributed by atoms with Crippen LogP contribution in [0.1, 0.15) is 12.5 Å². The highest BCUT2D eigenvalue weighted by Crippen LogP contribution is 2.27. The Labute approximate surface area is 114 Å². The third kappa shape index (κ3) is 2.46. The highest BCUT2D eigenvalue weighted by molar-refractivity contribution is 9.10. The number of hydrogen-bond acceptors (Lipinski definition) is 4. The van der Waals surface area contributed by atoms with E-state index >= 15 is 0 Å². The summed E-state index contributed by atoms with van der Waals surface area (Å²) >= 11 is 3.51. The molecule has 1 aliphatic heterocycles. The van der Waals surface area contributed by atoms with E-state index in [2.05, 4.69) is 25.9 Å². The Morgan fingerprint density at radius 3 is 2.61 bits per heavy atom. The van der Waals surface area contributed by atoms with E-state index in [-0.39, 0.29) is 0 Å². The van der Waals surface area contributed by atoms with Crippen LogP contribution in [0.5, 0.6) is 0 Å². The second-order valence-corrected chi connectivity index (χ2v) is 5.07. The Kier molecular flexibility index (Phi) is 3.52. The molecule has 0 aliphatic carbocycles. The molecule has 1 aromatic rings. The molecular formula is C13H13BrN2O2. The van der Waals surface area contributed by atoms with Crippen molar-refractivity contribution in [2.45, 2.75) is 6.92 Å². The molecular weight excluding hydrogens is 296 g/mol. The fraction of sp³-hybridized carbons (Fsp3) is 0.231. The van der Waals surface area contributed by atoms with E-state index < -0.39 is 5.97 Å². The highest BCUT2D eigenvalue weighted by Gasteiger charge is 2.21. The molecule has 18 heavy (non-hydrogen) atoms. The molecule has 0 bridgehead atoms. The molecule has 1 heterocycles. The number of benzene rings is 1. The zero-order valence-electron chi connectivity index (χ0n) is 10.4. The number of carbonyl (C=O) groups excluding carboxylic acids is 1. The first-order valence-electron chi connectivity index (χ1n) is 5.44. The number of rotatable bonds is 2. The number of halogens is 1.